The van der Waals surface area contributed by atoms with Crippen LogP contribution in [0.25, 0.3) is 11.4 Å². The molecule has 1 amide bonds. The Hall–Kier alpha value is -3.11. The number of nitrogens with zero attached hydrogens (tertiary/aromatic N) is 2. The van der Waals surface area contributed by atoms with E-state index in [1.807, 2.05) is 5.32 Å². The Morgan fingerprint density at radius 2 is 2.08 bits per heavy atom. The SMILES string of the molecule is CC(C)(Nc1ccnc(-c2c[nH]c(=O)c(N)c2)n1)C(=O)NCC(F)(F)F.[HH].[HH].[HH].[HH].[HH]. The minimum atomic E-state index is -4.50. The molecule has 2 rings (SSSR count). The average molecular weight is 380 g/mol. The van der Waals surface area contributed by atoms with Crippen LogP contribution in [-0.2, 0) is 4.79 Å². The predicted octanol–water partition coefficient (Wildman–Crippen LogP) is 2.51. The Morgan fingerprint density at radius 1 is 1.38 bits per heavy atom. The van der Waals surface area contributed by atoms with E-state index in [-0.39, 0.29) is 24.5 Å². The zero-order chi connectivity index (χ0) is 19.5. The van der Waals surface area contributed by atoms with Gasteiger partial charge in [0, 0.05) is 25.1 Å². The lowest BCUT2D eigenvalue weighted by molar-refractivity contribution is -0.140. The number of pyridine rings is 1. The molecule has 0 aromatic carbocycles. The van der Waals surface area contributed by atoms with Crippen molar-refractivity contribution < 1.29 is 25.1 Å². The fourth-order valence-electron chi connectivity index (χ4n) is 1.98. The highest BCUT2D eigenvalue weighted by molar-refractivity contribution is 5.88. The highest BCUT2D eigenvalue weighted by atomic mass is 19.4. The molecule has 0 aliphatic carbocycles. The van der Waals surface area contributed by atoms with E-state index in [1.165, 1.54) is 38.4 Å². The van der Waals surface area contributed by atoms with Gasteiger partial charge >= 0.3 is 6.18 Å². The van der Waals surface area contributed by atoms with Crippen molar-refractivity contribution in [1.82, 2.24) is 20.3 Å². The van der Waals surface area contributed by atoms with Crippen molar-refractivity contribution in [3.05, 3.63) is 34.9 Å². The molecule has 0 saturated carbocycles. The van der Waals surface area contributed by atoms with Crippen molar-refractivity contribution in [1.29, 1.82) is 0 Å². The molecule has 2 aromatic rings. The largest absolute Gasteiger partial charge is 0.405 e. The van der Waals surface area contributed by atoms with Gasteiger partial charge in [0.25, 0.3) is 5.56 Å². The van der Waals surface area contributed by atoms with E-state index in [0.717, 1.165) is 0 Å². The molecule has 0 spiro atoms. The Kier molecular flexibility index (Phi) is 5.19. The van der Waals surface area contributed by atoms with Crippen LogP contribution >= 0.6 is 0 Å². The number of nitrogen functional groups attached to an aromatic ring is 1. The minimum Gasteiger partial charge on any atom is -0.394 e. The fraction of sp³-hybridized carbons (Fsp3) is 0.333. The molecule has 11 heteroatoms. The third-order valence-electron chi connectivity index (χ3n) is 3.30. The number of hydrogen-bond donors (Lipinski definition) is 4. The Labute approximate surface area is 153 Å². The summed E-state index contributed by atoms with van der Waals surface area (Å²) in [4.78, 5) is 34.0. The second-order valence-electron chi connectivity index (χ2n) is 5.99. The van der Waals surface area contributed by atoms with Crippen molar-refractivity contribution in [2.75, 3.05) is 17.6 Å². The van der Waals surface area contributed by atoms with Gasteiger partial charge in [0.1, 0.15) is 17.9 Å². The summed E-state index contributed by atoms with van der Waals surface area (Å²) in [6.07, 6.45) is -1.73. The molecule has 0 saturated heterocycles. The lowest BCUT2D eigenvalue weighted by Gasteiger charge is -2.26. The maximum atomic E-state index is 12.2. The van der Waals surface area contributed by atoms with Crippen molar-refractivity contribution in [2.45, 2.75) is 25.6 Å². The number of nitrogens with one attached hydrogen (secondary N) is 3. The minimum absolute atomic E-state index is 0. The molecule has 0 atom stereocenters. The first kappa shape index (κ1) is 19.2. The van der Waals surface area contributed by atoms with Gasteiger partial charge in [0.05, 0.1) is 5.69 Å². The smallest absolute Gasteiger partial charge is 0.394 e. The second kappa shape index (κ2) is 7.02. The zero-order valence-electron chi connectivity index (χ0n) is 13.9. The number of H-pyrrole nitrogens is 1. The fourth-order valence-corrected chi connectivity index (χ4v) is 1.98. The summed E-state index contributed by atoms with van der Waals surface area (Å²) >= 11 is 0. The van der Waals surface area contributed by atoms with E-state index >= 15 is 0 Å². The lowest BCUT2D eigenvalue weighted by Crippen LogP contribution is -2.50. The Balaban J connectivity index is -0.000000729. The summed E-state index contributed by atoms with van der Waals surface area (Å²) in [6, 6.07) is 2.84. The lowest BCUT2D eigenvalue weighted by atomic mass is 10.0. The van der Waals surface area contributed by atoms with Gasteiger partial charge in [-0.15, -0.1) is 0 Å². The number of anilines is 2. The number of hydrogen-bond acceptors (Lipinski definition) is 6. The number of alkyl halides is 3. The maximum absolute atomic E-state index is 12.2. The monoisotopic (exact) mass is 380 g/mol. The summed E-state index contributed by atoms with van der Waals surface area (Å²) in [5.74, 6) is -0.417. The highest BCUT2D eigenvalue weighted by Crippen LogP contribution is 2.19. The molecular formula is C15H27F3N6O2. The molecule has 0 unspecified atom stereocenters. The number of carbonyl (C=O) groups excluding carboxylic acids is 1. The molecule has 0 aliphatic heterocycles. The van der Waals surface area contributed by atoms with Gasteiger partial charge in [-0.3, -0.25) is 9.59 Å². The summed E-state index contributed by atoms with van der Waals surface area (Å²) in [5, 5.41) is 4.57. The first-order valence-corrected chi connectivity index (χ1v) is 7.43. The van der Waals surface area contributed by atoms with E-state index in [4.69, 9.17) is 5.73 Å². The van der Waals surface area contributed by atoms with E-state index in [0.29, 0.717) is 5.56 Å². The van der Waals surface area contributed by atoms with E-state index in [1.54, 1.807) is 0 Å². The second-order valence-corrected chi connectivity index (χ2v) is 5.99. The van der Waals surface area contributed by atoms with E-state index in [9.17, 15) is 22.8 Å². The van der Waals surface area contributed by atoms with Crippen molar-refractivity contribution in [2.24, 2.45) is 0 Å². The summed E-state index contributed by atoms with van der Waals surface area (Å²) < 4.78 is 36.7. The Bertz CT molecular complexity index is 883. The van der Waals surface area contributed by atoms with Crippen LogP contribution in [0.15, 0.2) is 29.3 Å². The van der Waals surface area contributed by atoms with Crippen LogP contribution in [0.1, 0.15) is 21.0 Å². The van der Waals surface area contributed by atoms with Crippen LogP contribution in [0.2, 0.25) is 0 Å². The summed E-state index contributed by atoms with van der Waals surface area (Å²) in [7, 11) is 0. The number of aromatic nitrogens is 3. The first-order chi connectivity index (χ1) is 12.0. The topological polar surface area (TPSA) is 126 Å². The molecule has 0 bridgehead atoms. The summed E-state index contributed by atoms with van der Waals surface area (Å²) in [5.41, 5.74) is 4.15. The molecule has 8 nitrogen and oxygen atoms in total. The molecule has 0 aliphatic rings. The van der Waals surface area contributed by atoms with Crippen molar-refractivity contribution in [3.63, 3.8) is 0 Å². The number of rotatable bonds is 5. The first-order valence-electron chi connectivity index (χ1n) is 7.43. The van der Waals surface area contributed by atoms with Crippen LogP contribution in [0, 0.1) is 0 Å². The summed E-state index contributed by atoms with van der Waals surface area (Å²) in [6.45, 7) is 1.40. The van der Waals surface area contributed by atoms with Crippen LogP contribution in [-0.4, -0.2) is 39.1 Å². The molecular weight excluding hydrogens is 353 g/mol. The molecule has 2 heterocycles. The maximum Gasteiger partial charge on any atom is 0.405 e. The van der Waals surface area contributed by atoms with Crippen molar-refractivity contribution >= 4 is 17.4 Å². The molecule has 0 fully saturated rings. The van der Waals surface area contributed by atoms with Gasteiger partial charge in [0.2, 0.25) is 5.91 Å². The van der Waals surface area contributed by atoms with Gasteiger partial charge in [-0.1, -0.05) is 0 Å². The molecule has 26 heavy (non-hydrogen) atoms. The van der Waals surface area contributed by atoms with Crippen molar-refractivity contribution in [3.8, 4) is 11.4 Å². The van der Waals surface area contributed by atoms with Crippen LogP contribution in [0.4, 0.5) is 24.7 Å². The zero-order valence-corrected chi connectivity index (χ0v) is 13.9. The molecule has 150 valence electrons. The number of carbonyl (C=O) groups is 1. The standard InChI is InChI=1S/C15H17F3N6O2.5H2/c1-14(2,13(26)22-7-15(16,17)18)24-10-3-4-20-11(23-10)8-5-9(19)12(25)21-6-8;;;;;/h3-6H,7,19H2,1-2H3,(H,21,25)(H,22,26)(H,20,23,24);5*1H. The third-order valence-corrected chi connectivity index (χ3v) is 3.30. The normalized spacial score (nSPS) is 11.9. The average Bonchev–Trinajstić information content (AvgIpc) is 2.54. The van der Waals surface area contributed by atoms with E-state index in [2.05, 4.69) is 20.3 Å². The number of halogens is 3. The van der Waals surface area contributed by atoms with Gasteiger partial charge in [-0.2, -0.15) is 13.2 Å². The number of aromatic amines is 1. The van der Waals surface area contributed by atoms with Crippen LogP contribution < -0.4 is 21.9 Å². The van der Waals surface area contributed by atoms with E-state index < -0.39 is 29.7 Å². The highest BCUT2D eigenvalue weighted by Gasteiger charge is 2.33. The predicted molar refractivity (Wildman–Crippen MR) is 99.8 cm³/mol. The molecule has 2 aromatic heterocycles. The number of amides is 1. The van der Waals surface area contributed by atoms with Gasteiger partial charge < -0.3 is 21.4 Å². The molecule has 5 N–H and O–H groups in total. The molecule has 0 radical (unpaired) electrons. The third kappa shape index (κ3) is 4.94. The van der Waals surface area contributed by atoms with Gasteiger partial charge in [-0.05, 0) is 26.0 Å². The van der Waals surface area contributed by atoms with Gasteiger partial charge in [-0.25, -0.2) is 9.97 Å². The Morgan fingerprint density at radius 3 is 2.69 bits per heavy atom. The van der Waals surface area contributed by atoms with Crippen LogP contribution in [0.3, 0.4) is 0 Å². The quantitative estimate of drug-likeness (QED) is 0.631. The van der Waals surface area contributed by atoms with Crippen LogP contribution in [0.5, 0.6) is 0 Å². The van der Waals surface area contributed by atoms with Gasteiger partial charge in [0.15, 0.2) is 5.82 Å². The number of nitrogens with two attached hydrogens (primary N) is 1.